The first-order valence-corrected chi connectivity index (χ1v) is 11.8. The number of nitrogens with zero attached hydrogens (tertiary/aromatic N) is 1. The molecular formula is C25H21Cl2N3O3S. The molecule has 0 spiro atoms. The summed E-state index contributed by atoms with van der Waals surface area (Å²) < 4.78 is 11.4. The highest BCUT2D eigenvalue weighted by Gasteiger charge is 2.12. The van der Waals surface area contributed by atoms with Gasteiger partial charge in [-0.25, -0.2) is 4.98 Å². The molecule has 0 saturated heterocycles. The van der Waals surface area contributed by atoms with Gasteiger partial charge >= 0.3 is 0 Å². The normalized spacial score (nSPS) is 10.8. The fourth-order valence-electron chi connectivity index (χ4n) is 3.25. The molecule has 0 aliphatic carbocycles. The Morgan fingerprint density at radius 1 is 1.12 bits per heavy atom. The second kappa shape index (κ2) is 10.9. The number of hydrogen-bond acceptors (Lipinski definition) is 5. The lowest BCUT2D eigenvalue weighted by molar-refractivity contribution is 0.0977. The minimum absolute atomic E-state index is 0.197. The molecule has 0 aliphatic rings. The Morgan fingerprint density at radius 2 is 1.91 bits per heavy atom. The third kappa shape index (κ3) is 6.05. The molecule has 0 atom stereocenters. The predicted octanol–water partition coefficient (Wildman–Crippen LogP) is 6.64. The van der Waals surface area contributed by atoms with Crippen LogP contribution in [0.1, 0.15) is 35.2 Å². The number of rotatable bonds is 7. The van der Waals surface area contributed by atoms with Gasteiger partial charge in [0.2, 0.25) is 0 Å². The van der Waals surface area contributed by atoms with Gasteiger partial charge in [0, 0.05) is 22.7 Å². The van der Waals surface area contributed by atoms with Gasteiger partial charge in [-0.15, -0.1) is 0 Å². The summed E-state index contributed by atoms with van der Waals surface area (Å²) in [5.41, 5.74) is 3.32. The summed E-state index contributed by atoms with van der Waals surface area (Å²) in [5, 5.41) is 6.83. The van der Waals surface area contributed by atoms with Crippen molar-refractivity contribution >= 4 is 63.2 Å². The molecule has 6 nitrogen and oxygen atoms in total. The van der Waals surface area contributed by atoms with E-state index in [0.29, 0.717) is 51.4 Å². The fourth-order valence-corrected chi connectivity index (χ4v) is 3.98. The van der Waals surface area contributed by atoms with Crippen molar-refractivity contribution in [3.8, 4) is 5.75 Å². The van der Waals surface area contributed by atoms with Crippen LogP contribution in [-0.4, -0.2) is 22.6 Å². The topological polar surface area (TPSA) is 76.4 Å². The molecule has 1 amide bonds. The van der Waals surface area contributed by atoms with E-state index in [1.165, 1.54) is 0 Å². The first-order valence-electron chi connectivity index (χ1n) is 10.6. The van der Waals surface area contributed by atoms with E-state index >= 15 is 0 Å². The van der Waals surface area contributed by atoms with E-state index in [-0.39, 0.29) is 11.0 Å². The molecule has 9 heteroatoms. The van der Waals surface area contributed by atoms with Crippen LogP contribution < -0.4 is 15.4 Å². The van der Waals surface area contributed by atoms with Crippen molar-refractivity contribution in [3.05, 3.63) is 87.7 Å². The van der Waals surface area contributed by atoms with Crippen LogP contribution in [0, 0.1) is 0 Å². The number of fused-ring (bicyclic) bond motifs is 1. The van der Waals surface area contributed by atoms with E-state index < -0.39 is 0 Å². The standard InChI is InChI=1S/C25H21Cl2N3O3S/c1-2-10-32-19-5-3-4-16(12-19)24(31)30-25(34)28-18-8-6-15(7-9-18)11-22-29-21-14-17(26)13-20(27)23(21)33-22/h3-9,12-14H,2,10-11H2,1H3,(H2,28,30,31,34). The van der Waals surface area contributed by atoms with E-state index in [4.69, 9.17) is 44.6 Å². The van der Waals surface area contributed by atoms with Gasteiger partial charge in [-0.3, -0.25) is 10.1 Å². The molecule has 4 aromatic rings. The number of oxazole rings is 1. The molecule has 0 radical (unpaired) electrons. The number of anilines is 1. The molecule has 0 aliphatic heterocycles. The lowest BCUT2D eigenvalue weighted by atomic mass is 10.1. The van der Waals surface area contributed by atoms with Gasteiger partial charge in [-0.2, -0.15) is 0 Å². The highest BCUT2D eigenvalue weighted by molar-refractivity contribution is 7.80. The van der Waals surface area contributed by atoms with E-state index in [0.717, 1.165) is 17.7 Å². The van der Waals surface area contributed by atoms with Crippen LogP contribution in [0.25, 0.3) is 11.1 Å². The number of nitrogens with one attached hydrogen (secondary N) is 2. The maximum absolute atomic E-state index is 12.5. The fraction of sp³-hybridized carbons (Fsp3) is 0.160. The summed E-state index contributed by atoms with van der Waals surface area (Å²) in [5.74, 6) is 0.867. The van der Waals surface area contributed by atoms with Crippen molar-refractivity contribution in [2.75, 3.05) is 11.9 Å². The Hall–Kier alpha value is -3.13. The molecule has 1 heterocycles. The number of amides is 1. The highest BCUT2D eigenvalue weighted by atomic mass is 35.5. The number of thiocarbonyl (C=S) groups is 1. The minimum Gasteiger partial charge on any atom is -0.494 e. The number of halogens is 2. The van der Waals surface area contributed by atoms with Crippen molar-refractivity contribution in [3.63, 3.8) is 0 Å². The Kier molecular flexibility index (Phi) is 7.67. The number of hydrogen-bond donors (Lipinski definition) is 2. The van der Waals surface area contributed by atoms with Gasteiger partial charge in [0.05, 0.1) is 11.6 Å². The van der Waals surface area contributed by atoms with Gasteiger partial charge in [-0.1, -0.05) is 48.3 Å². The summed E-state index contributed by atoms with van der Waals surface area (Å²) in [7, 11) is 0. The molecule has 0 bridgehead atoms. The van der Waals surface area contributed by atoms with Crippen molar-refractivity contribution < 1.29 is 13.9 Å². The Balaban J connectivity index is 1.35. The summed E-state index contributed by atoms with van der Waals surface area (Å²) in [6, 6.07) is 17.9. The number of benzene rings is 3. The maximum Gasteiger partial charge on any atom is 0.257 e. The second-order valence-corrected chi connectivity index (χ2v) is 8.75. The third-order valence-electron chi connectivity index (χ3n) is 4.82. The lowest BCUT2D eigenvalue weighted by Gasteiger charge is -2.11. The quantitative estimate of drug-likeness (QED) is 0.269. The first-order chi connectivity index (χ1) is 16.4. The van der Waals surface area contributed by atoms with Crippen LogP contribution in [-0.2, 0) is 6.42 Å². The largest absolute Gasteiger partial charge is 0.494 e. The third-order valence-corrected chi connectivity index (χ3v) is 5.52. The highest BCUT2D eigenvalue weighted by Crippen LogP contribution is 2.29. The molecule has 0 saturated carbocycles. The Bertz CT molecular complexity index is 1340. The smallest absolute Gasteiger partial charge is 0.257 e. The molecule has 1 aromatic heterocycles. The molecule has 3 aromatic carbocycles. The number of carbonyl (C=O) groups is 1. The van der Waals surface area contributed by atoms with Gasteiger partial charge in [0.15, 0.2) is 16.6 Å². The molecular weight excluding hydrogens is 493 g/mol. The zero-order valence-corrected chi connectivity index (χ0v) is 20.6. The van der Waals surface area contributed by atoms with Crippen molar-refractivity contribution in [1.82, 2.24) is 10.3 Å². The summed E-state index contributed by atoms with van der Waals surface area (Å²) >= 11 is 17.5. The molecule has 174 valence electrons. The Morgan fingerprint density at radius 3 is 2.68 bits per heavy atom. The molecule has 0 unspecified atom stereocenters. The number of aromatic nitrogens is 1. The van der Waals surface area contributed by atoms with E-state index in [1.807, 2.05) is 37.3 Å². The lowest BCUT2D eigenvalue weighted by Crippen LogP contribution is -2.34. The van der Waals surface area contributed by atoms with Gasteiger partial charge < -0.3 is 14.5 Å². The summed E-state index contributed by atoms with van der Waals surface area (Å²) in [6.45, 7) is 2.62. The van der Waals surface area contributed by atoms with Crippen molar-refractivity contribution in [1.29, 1.82) is 0 Å². The van der Waals surface area contributed by atoms with E-state index in [1.54, 1.807) is 30.3 Å². The molecule has 4 rings (SSSR count). The van der Waals surface area contributed by atoms with Crippen LogP contribution >= 0.6 is 35.4 Å². The minimum atomic E-state index is -0.314. The van der Waals surface area contributed by atoms with Crippen LogP contribution in [0.3, 0.4) is 0 Å². The summed E-state index contributed by atoms with van der Waals surface area (Å²) in [6.07, 6.45) is 1.38. The van der Waals surface area contributed by atoms with Crippen molar-refractivity contribution in [2.45, 2.75) is 19.8 Å². The van der Waals surface area contributed by atoms with E-state index in [9.17, 15) is 4.79 Å². The molecule has 0 fully saturated rings. The average molecular weight is 514 g/mol. The number of carbonyl (C=O) groups excluding carboxylic acids is 1. The van der Waals surface area contributed by atoms with Gasteiger partial charge in [-0.05, 0) is 66.7 Å². The van der Waals surface area contributed by atoms with Crippen LogP contribution in [0.15, 0.2) is 65.1 Å². The van der Waals surface area contributed by atoms with E-state index in [2.05, 4.69) is 15.6 Å². The molecule has 34 heavy (non-hydrogen) atoms. The van der Waals surface area contributed by atoms with Gasteiger partial charge in [0.1, 0.15) is 11.3 Å². The van der Waals surface area contributed by atoms with Crippen LogP contribution in [0.2, 0.25) is 10.0 Å². The van der Waals surface area contributed by atoms with Crippen molar-refractivity contribution in [2.24, 2.45) is 0 Å². The van der Waals surface area contributed by atoms with Crippen LogP contribution in [0.4, 0.5) is 5.69 Å². The first kappa shape index (κ1) is 24.0. The monoisotopic (exact) mass is 513 g/mol. The van der Waals surface area contributed by atoms with Crippen LogP contribution in [0.5, 0.6) is 5.75 Å². The Labute approximate surface area is 212 Å². The maximum atomic E-state index is 12.5. The van der Waals surface area contributed by atoms with Gasteiger partial charge in [0.25, 0.3) is 5.91 Å². The summed E-state index contributed by atoms with van der Waals surface area (Å²) in [4.78, 5) is 17.0. The average Bonchev–Trinajstić information content (AvgIpc) is 3.21. The zero-order valence-electron chi connectivity index (χ0n) is 18.2. The molecule has 2 N–H and O–H groups in total. The second-order valence-electron chi connectivity index (χ2n) is 7.50. The number of ether oxygens (including phenoxy) is 1. The zero-order chi connectivity index (χ0) is 24.1. The SMILES string of the molecule is CCCOc1cccc(C(=O)NC(=S)Nc2ccc(Cc3nc4cc(Cl)cc(Cl)c4o3)cc2)c1. The predicted molar refractivity (Wildman–Crippen MR) is 139 cm³/mol.